The Kier molecular flexibility index (Phi) is 7.49. The van der Waals surface area contributed by atoms with Gasteiger partial charge in [-0.3, -0.25) is 24.2 Å². The molecule has 3 aliphatic rings. The third-order valence-corrected chi connectivity index (χ3v) is 7.60. The average Bonchev–Trinajstić information content (AvgIpc) is 3.59. The Hall–Kier alpha value is -4.54. The Morgan fingerprint density at radius 3 is 2.32 bits per heavy atom. The fraction of sp³-hybridized carbons (Fsp3) is 0.290. The number of anilines is 1. The van der Waals surface area contributed by atoms with Crippen molar-refractivity contribution in [3.8, 4) is 11.5 Å². The first-order valence-corrected chi connectivity index (χ1v) is 13.5. The van der Waals surface area contributed by atoms with Crippen LogP contribution in [0.2, 0.25) is 0 Å². The minimum Gasteiger partial charge on any atom is -0.454 e. The highest BCUT2D eigenvalue weighted by Crippen LogP contribution is 2.33. The second kappa shape index (κ2) is 11.5. The molecule has 0 spiro atoms. The minimum absolute atomic E-state index is 0.117. The van der Waals surface area contributed by atoms with Crippen LogP contribution in [-0.4, -0.2) is 79.0 Å². The van der Waals surface area contributed by atoms with Crippen LogP contribution in [0.5, 0.6) is 11.5 Å². The predicted molar refractivity (Wildman–Crippen MR) is 148 cm³/mol. The van der Waals surface area contributed by atoms with Crippen molar-refractivity contribution in [1.82, 2.24) is 9.80 Å². The third-order valence-electron chi connectivity index (χ3n) is 7.60. The number of hydrogen-bond donors (Lipinski definition) is 0. The number of benzene rings is 3. The van der Waals surface area contributed by atoms with Crippen molar-refractivity contribution in [2.75, 3.05) is 44.5 Å². The Balaban J connectivity index is 1.02. The van der Waals surface area contributed by atoms with Crippen LogP contribution in [0.25, 0.3) is 0 Å². The molecule has 0 bridgehead atoms. The zero-order valence-electron chi connectivity index (χ0n) is 22.4. The van der Waals surface area contributed by atoms with Gasteiger partial charge in [0.25, 0.3) is 5.91 Å². The van der Waals surface area contributed by atoms with Gasteiger partial charge in [0.05, 0.1) is 23.7 Å². The molecule has 2 saturated heterocycles. The van der Waals surface area contributed by atoms with Gasteiger partial charge in [-0.25, -0.2) is 9.69 Å². The maximum Gasteiger partial charge on any atom is 0.338 e. The van der Waals surface area contributed by atoms with E-state index in [-0.39, 0.29) is 43.0 Å². The fourth-order valence-electron chi connectivity index (χ4n) is 5.37. The maximum absolute atomic E-state index is 13.3. The van der Waals surface area contributed by atoms with Gasteiger partial charge >= 0.3 is 5.97 Å². The van der Waals surface area contributed by atoms with E-state index in [0.717, 1.165) is 36.7 Å². The lowest BCUT2D eigenvalue weighted by Gasteiger charge is -2.37. The SMILES string of the molecule is O=C(COC(=O)c1ccc(N2C(=O)CC(N3CCN(Cc4ccc5c(c4)OCO5)CC3)C2=O)cc1)c1ccccc1. The number of nitrogens with zero attached hydrogens (tertiary/aromatic N) is 3. The van der Waals surface area contributed by atoms with Crippen LogP contribution in [-0.2, 0) is 20.9 Å². The number of rotatable bonds is 8. The number of imide groups is 1. The Labute approximate surface area is 237 Å². The predicted octanol–water partition coefficient (Wildman–Crippen LogP) is 2.90. The van der Waals surface area contributed by atoms with Gasteiger partial charge in [0.1, 0.15) is 0 Å². The summed E-state index contributed by atoms with van der Waals surface area (Å²) in [5.41, 5.74) is 2.23. The summed E-state index contributed by atoms with van der Waals surface area (Å²) in [4.78, 5) is 56.4. The monoisotopic (exact) mass is 555 g/mol. The molecule has 41 heavy (non-hydrogen) atoms. The zero-order chi connectivity index (χ0) is 28.3. The molecule has 0 radical (unpaired) electrons. The van der Waals surface area contributed by atoms with Crippen LogP contribution in [0.4, 0.5) is 5.69 Å². The summed E-state index contributed by atoms with van der Waals surface area (Å²) >= 11 is 0. The van der Waals surface area contributed by atoms with Crippen molar-refractivity contribution in [3.63, 3.8) is 0 Å². The lowest BCUT2D eigenvalue weighted by molar-refractivity contribution is -0.123. The second-order valence-corrected chi connectivity index (χ2v) is 10.2. The zero-order valence-corrected chi connectivity index (χ0v) is 22.4. The molecule has 0 aromatic heterocycles. The number of ketones is 1. The van der Waals surface area contributed by atoms with E-state index in [1.807, 2.05) is 18.2 Å². The van der Waals surface area contributed by atoms with Gasteiger partial charge in [0.2, 0.25) is 12.7 Å². The molecule has 1 unspecified atom stereocenters. The van der Waals surface area contributed by atoms with Crippen molar-refractivity contribution in [1.29, 1.82) is 0 Å². The number of ether oxygens (including phenoxy) is 3. The molecule has 6 rings (SSSR count). The molecular weight excluding hydrogens is 526 g/mol. The van der Waals surface area contributed by atoms with Crippen molar-refractivity contribution in [2.24, 2.45) is 0 Å². The van der Waals surface area contributed by atoms with Gasteiger partial charge in [-0.1, -0.05) is 36.4 Å². The molecule has 1 atom stereocenters. The largest absolute Gasteiger partial charge is 0.454 e. The van der Waals surface area contributed by atoms with E-state index in [2.05, 4.69) is 9.80 Å². The lowest BCUT2D eigenvalue weighted by atomic mass is 10.1. The molecule has 3 aliphatic heterocycles. The molecule has 2 fully saturated rings. The van der Waals surface area contributed by atoms with Crippen molar-refractivity contribution in [3.05, 3.63) is 89.5 Å². The Bertz CT molecular complexity index is 1470. The average molecular weight is 556 g/mol. The first-order chi connectivity index (χ1) is 20.0. The number of amides is 2. The number of piperazine rings is 1. The van der Waals surface area contributed by atoms with Gasteiger partial charge in [-0.2, -0.15) is 0 Å². The molecule has 0 aliphatic carbocycles. The number of carbonyl (C=O) groups is 4. The van der Waals surface area contributed by atoms with Gasteiger partial charge < -0.3 is 14.2 Å². The first kappa shape index (κ1) is 26.7. The van der Waals surface area contributed by atoms with E-state index >= 15 is 0 Å². The number of hydrogen-bond acceptors (Lipinski definition) is 9. The molecule has 0 N–H and O–H groups in total. The van der Waals surface area contributed by atoms with E-state index in [0.29, 0.717) is 24.3 Å². The van der Waals surface area contributed by atoms with Crippen LogP contribution in [0.15, 0.2) is 72.8 Å². The molecule has 2 amide bonds. The Morgan fingerprint density at radius 2 is 1.56 bits per heavy atom. The standard InChI is InChI=1S/C31H29N3O7/c35-26(22-4-2-1-3-5-22)19-39-31(38)23-7-9-24(10-8-23)34-29(36)17-25(30(34)37)33-14-12-32(13-15-33)18-21-6-11-27-28(16-21)41-20-40-27/h1-11,16,25H,12-15,17-20H2. The van der Waals surface area contributed by atoms with Crippen LogP contribution in [0, 0.1) is 0 Å². The van der Waals surface area contributed by atoms with Gasteiger partial charge in [-0.05, 0) is 42.0 Å². The molecule has 10 heteroatoms. The Morgan fingerprint density at radius 1 is 0.829 bits per heavy atom. The molecule has 210 valence electrons. The number of esters is 1. The summed E-state index contributed by atoms with van der Waals surface area (Å²) in [7, 11) is 0. The molecule has 3 aromatic carbocycles. The van der Waals surface area contributed by atoms with E-state index in [1.54, 1.807) is 42.5 Å². The van der Waals surface area contributed by atoms with Crippen molar-refractivity contribution < 1.29 is 33.4 Å². The molecule has 3 heterocycles. The van der Waals surface area contributed by atoms with Crippen molar-refractivity contribution in [2.45, 2.75) is 19.0 Å². The normalized spacial score (nSPS) is 19.0. The lowest BCUT2D eigenvalue weighted by Crippen LogP contribution is -2.52. The van der Waals surface area contributed by atoms with Gasteiger partial charge in [0, 0.05) is 38.3 Å². The topological polar surface area (TPSA) is 106 Å². The van der Waals surface area contributed by atoms with E-state index in [4.69, 9.17) is 14.2 Å². The highest BCUT2D eigenvalue weighted by atomic mass is 16.7. The summed E-state index contributed by atoms with van der Waals surface area (Å²) in [6.07, 6.45) is 0.117. The quantitative estimate of drug-likeness (QED) is 0.236. The summed E-state index contributed by atoms with van der Waals surface area (Å²) in [6.45, 7) is 3.54. The van der Waals surface area contributed by atoms with Crippen LogP contribution in [0.1, 0.15) is 32.7 Å². The van der Waals surface area contributed by atoms with Crippen molar-refractivity contribution >= 4 is 29.3 Å². The van der Waals surface area contributed by atoms with Crippen LogP contribution in [0.3, 0.4) is 0 Å². The number of carbonyl (C=O) groups excluding carboxylic acids is 4. The number of fused-ring (bicyclic) bond motifs is 1. The van der Waals surface area contributed by atoms with Crippen LogP contribution >= 0.6 is 0 Å². The van der Waals surface area contributed by atoms with E-state index in [1.165, 1.54) is 17.0 Å². The first-order valence-electron chi connectivity index (χ1n) is 13.5. The molecule has 10 nitrogen and oxygen atoms in total. The van der Waals surface area contributed by atoms with E-state index in [9.17, 15) is 19.2 Å². The highest BCUT2D eigenvalue weighted by Gasteiger charge is 2.43. The second-order valence-electron chi connectivity index (χ2n) is 10.2. The summed E-state index contributed by atoms with van der Waals surface area (Å²) < 4.78 is 16.0. The summed E-state index contributed by atoms with van der Waals surface area (Å²) in [6, 6.07) is 20.1. The third kappa shape index (κ3) is 5.70. The maximum atomic E-state index is 13.3. The molecule has 3 aromatic rings. The van der Waals surface area contributed by atoms with Gasteiger partial charge in [-0.15, -0.1) is 0 Å². The number of Topliss-reactive ketones (excluding diaryl/α,β-unsaturated/α-hetero) is 1. The smallest absolute Gasteiger partial charge is 0.338 e. The highest BCUT2D eigenvalue weighted by molar-refractivity contribution is 6.22. The molecular formula is C31H29N3O7. The van der Waals surface area contributed by atoms with E-state index < -0.39 is 12.0 Å². The van der Waals surface area contributed by atoms with Crippen LogP contribution < -0.4 is 14.4 Å². The fourth-order valence-corrected chi connectivity index (χ4v) is 5.37. The summed E-state index contributed by atoms with van der Waals surface area (Å²) in [5, 5.41) is 0. The van der Waals surface area contributed by atoms with Gasteiger partial charge in [0.15, 0.2) is 23.9 Å². The summed E-state index contributed by atoms with van der Waals surface area (Å²) in [5.74, 6) is 0.0337. The molecule has 0 saturated carbocycles. The minimum atomic E-state index is -0.656.